The number of hydrogen-bond donors (Lipinski definition) is 0. The van der Waals surface area contributed by atoms with E-state index in [2.05, 4.69) is 33.8 Å². The van der Waals surface area contributed by atoms with Crippen molar-refractivity contribution >= 4 is 0 Å². The van der Waals surface area contributed by atoms with Gasteiger partial charge in [0.1, 0.15) is 0 Å². The van der Waals surface area contributed by atoms with Crippen LogP contribution < -0.4 is 0 Å². The minimum Gasteiger partial charge on any atom is -0.382 e. The zero-order valence-electron chi connectivity index (χ0n) is 9.60. The zero-order chi connectivity index (χ0) is 10.1. The van der Waals surface area contributed by atoms with Gasteiger partial charge in [-0.2, -0.15) is 0 Å². The van der Waals surface area contributed by atoms with E-state index in [0.717, 1.165) is 19.1 Å². The summed E-state index contributed by atoms with van der Waals surface area (Å²) in [6.07, 6.45) is 5.94. The molecule has 0 fully saturated rings. The summed E-state index contributed by atoms with van der Waals surface area (Å²) in [5.41, 5.74) is 1.50. The summed E-state index contributed by atoms with van der Waals surface area (Å²) in [6, 6.07) is 0. The van der Waals surface area contributed by atoms with Crippen LogP contribution in [0.25, 0.3) is 0 Å². The summed E-state index contributed by atoms with van der Waals surface area (Å²) in [5.74, 6) is 0.793. The summed E-state index contributed by atoms with van der Waals surface area (Å²) in [5, 5.41) is 0. The van der Waals surface area contributed by atoms with E-state index in [1.165, 1.54) is 24.8 Å². The summed E-state index contributed by atoms with van der Waals surface area (Å²) >= 11 is 0. The van der Waals surface area contributed by atoms with E-state index in [0.29, 0.717) is 0 Å². The molecular weight excluding hydrogens is 160 g/mol. The van der Waals surface area contributed by atoms with E-state index in [1.54, 1.807) is 0 Å². The molecule has 0 aromatic rings. The molecule has 1 nitrogen and oxygen atoms in total. The molecule has 0 aliphatic rings. The quantitative estimate of drug-likeness (QED) is 0.432. The molecule has 0 heterocycles. The van der Waals surface area contributed by atoms with Gasteiger partial charge in [-0.1, -0.05) is 18.6 Å². The minimum atomic E-state index is 0.793. The van der Waals surface area contributed by atoms with Crippen LogP contribution in [-0.2, 0) is 4.74 Å². The number of hydrogen-bond acceptors (Lipinski definition) is 1. The van der Waals surface area contributed by atoms with Crippen molar-refractivity contribution in [3.8, 4) is 0 Å². The van der Waals surface area contributed by atoms with Crippen LogP contribution in [0.15, 0.2) is 11.6 Å². The second-order valence-electron chi connectivity index (χ2n) is 3.76. The van der Waals surface area contributed by atoms with Gasteiger partial charge in [0.2, 0.25) is 0 Å². The molecule has 0 bridgehead atoms. The van der Waals surface area contributed by atoms with Crippen molar-refractivity contribution in [1.82, 2.24) is 0 Å². The van der Waals surface area contributed by atoms with Crippen molar-refractivity contribution in [2.75, 3.05) is 13.2 Å². The average molecular weight is 184 g/mol. The normalized spacial score (nSPS) is 14.6. The maximum Gasteiger partial charge on any atom is 0.0468 e. The first-order chi connectivity index (χ1) is 6.20. The molecular formula is C12H24O. The fourth-order valence-corrected chi connectivity index (χ4v) is 1.19. The third-order valence-corrected chi connectivity index (χ3v) is 2.48. The molecule has 0 spiro atoms. The molecule has 0 N–H and O–H groups in total. The SMILES string of the molecule is CC=C(C)CCC(C)CCOCC. The smallest absolute Gasteiger partial charge is 0.0468 e. The lowest BCUT2D eigenvalue weighted by Gasteiger charge is -2.10. The Hall–Kier alpha value is -0.300. The molecule has 0 saturated carbocycles. The minimum absolute atomic E-state index is 0.793. The number of ether oxygens (including phenoxy) is 1. The summed E-state index contributed by atoms with van der Waals surface area (Å²) in [6.45, 7) is 10.4. The van der Waals surface area contributed by atoms with Gasteiger partial charge in [0.15, 0.2) is 0 Å². The predicted octanol–water partition coefficient (Wildman–Crippen LogP) is 3.80. The fourth-order valence-electron chi connectivity index (χ4n) is 1.19. The largest absolute Gasteiger partial charge is 0.382 e. The molecule has 0 rings (SSSR count). The first-order valence-corrected chi connectivity index (χ1v) is 5.40. The molecule has 1 heteroatoms. The topological polar surface area (TPSA) is 9.23 Å². The maximum atomic E-state index is 5.32. The molecule has 78 valence electrons. The molecule has 13 heavy (non-hydrogen) atoms. The van der Waals surface area contributed by atoms with Crippen molar-refractivity contribution in [3.63, 3.8) is 0 Å². The Balaban J connectivity index is 3.34. The highest BCUT2D eigenvalue weighted by atomic mass is 16.5. The Labute approximate surface area is 83.2 Å². The molecule has 1 unspecified atom stereocenters. The second-order valence-corrected chi connectivity index (χ2v) is 3.76. The predicted molar refractivity (Wildman–Crippen MR) is 58.9 cm³/mol. The van der Waals surface area contributed by atoms with Crippen molar-refractivity contribution in [1.29, 1.82) is 0 Å². The van der Waals surface area contributed by atoms with E-state index in [-0.39, 0.29) is 0 Å². The fraction of sp³-hybridized carbons (Fsp3) is 0.833. The van der Waals surface area contributed by atoms with Crippen LogP contribution in [0.5, 0.6) is 0 Å². The standard InChI is InChI=1S/C12H24O/c1-5-11(3)7-8-12(4)9-10-13-6-2/h5,12H,6-10H2,1-4H3. The van der Waals surface area contributed by atoms with Gasteiger partial charge in [-0.3, -0.25) is 0 Å². The van der Waals surface area contributed by atoms with E-state index in [4.69, 9.17) is 4.74 Å². The van der Waals surface area contributed by atoms with Gasteiger partial charge in [-0.15, -0.1) is 0 Å². The van der Waals surface area contributed by atoms with Gasteiger partial charge in [-0.05, 0) is 46.0 Å². The van der Waals surface area contributed by atoms with E-state index < -0.39 is 0 Å². The van der Waals surface area contributed by atoms with Crippen LogP contribution in [0.3, 0.4) is 0 Å². The Bertz CT molecular complexity index is 138. The molecule has 0 saturated heterocycles. The van der Waals surface area contributed by atoms with Crippen LogP contribution >= 0.6 is 0 Å². The first kappa shape index (κ1) is 12.7. The van der Waals surface area contributed by atoms with Crippen LogP contribution in [0.2, 0.25) is 0 Å². The molecule has 0 aliphatic heterocycles. The Morgan fingerprint density at radius 1 is 1.38 bits per heavy atom. The van der Waals surface area contributed by atoms with Crippen molar-refractivity contribution in [3.05, 3.63) is 11.6 Å². The van der Waals surface area contributed by atoms with Crippen LogP contribution in [0.4, 0.5) is 0 Å². The van der Waals surface area contributed by atoms with E-state index in [9.17, 15) is 0 Å². The van der Waals surface area contributed by atoms with Gasteiger partial charge in [0.05, 0.1) is 0 Å². The third-order valence-electron chi connectivity index (χ3n) is 2.48. The first-order valence-electron chi connectivity index (χ1n) is 5.40. The Morgan fingerprint density at radius 2 is 2.08 bits per heavy atom. The zero-order valence-corrected chi connectivity index (χ0v) is 9.60. The van der Waals surface area contributed by atoms with Crippen molar-refractivity contribution in [2.24, 2.45) is 5.92 Å². The Morgan fingerprint density at radius 3 is 2.62 bits per heavy atom. The molecule has 1 atom stereocenters. The number of rotatable bonds is 7. The highest BCUT2D eigenvalue weighted by molar-refractivity contribution is 4.95. The van der Waals surface area contributed by atoms with Gasteiger partial charge in [0, 0.05) is 13.2 Å². The van der Waals surface area contributed by atoms with E-state index >= 15 is 0 Å². The highest BCUT2D eigenvalue weighted by Gasteiger charge is 2.01. The molecule has 0 aromatic carbocycles. The summed E-state index contributed by atoms with van der Waals surface area (Å²) in [7, 11) is 0. The van der Waals surface area contributed by atoms with Crippen LogP contribution in [-0.4, -0.2) is 13.2 Å². The summed E-state index contributed by atoms with van der Waals surface area (Å²) < 4.78 is 5.32. The molecule has 0 aliphatic carbocycles. The van der Waals surface area contributed by atoms with Gasteiger partial charge in [-0.25, -0.2) is 0 Å². The summed E-state index contributed by atoms with van der Waals surface area (Å²) in [4.78, 5) is 0. The lowest BCUT2D eigenvalue weighted by Crippen LogP contribution is -2.02. The van der Waals surface area contributed by atoms with Crippen molar-refractivity contribution in [2.45, 2.75) is 47.0 Å². The second kappa shape index (κ2) is 8.31. The Kier molecular flexibility index (Phi) is 8.11. The monoisotopic (exact) mass is 184 g/mol. The van der Waals surface area contributed by atoms with Crippen molar-refractivity contribution < 1.29 is 4.74 Å². The van der Waals surface area contributed by atoms with Gasteiger partial charge >= 0.3 is 0 Å². The molecule has 0 aromatic heterocycles. The van der Waals surface area contributed by atoms with Crippen LogP contribution in [0.1, 0.15) is 47.0 Å². The van der Waals surface area contributed by atoms with Crippen LogP contribution in [0, 0.1) is 5.92 Å². The third kappa shape index (κ3) is 8.04. The number of allylic oxidation sites excluding steroid dienone is 2. The van der Waals surface area contributed by atoms with Gasteiger partial charge in [0.25, 0.3) is 0 Å². The molecule has 0 amide bonds. The highest BCUT2D eigenvalue weighted by Crippen LogP contribution is 2.14. The van der Waals surface area contributed by atoms with E-state index in [1.807, 2.05) is 0 Å². The lowest BCUT2D eigenvalue weighted by atomic mass is 9.99. The molecule has 0 radical (unpaired) electrons. The lowest BCUT2D eigenvalue weighted by molar-refractivity contribution is 0.133. The average Bonchev–Trinajstić information content (AvgIpc) is 2.14. The van der Waals surface area contributed by atoms with Gasteiger partial charge < -0.3 is 4.74 Å². The maximum absolute atomic E-state index is 5.32.